The number of thiocarbonyl (C=S) groups is 1. The fourth-order valence-corrected chi connectivity index (χ4v) is 4.51. The number of hydrogen-bond acceptors (Lipinski definition) is 3. The second-order valence-corrected chi connectivity index (χ2v) is 6.64. The van der Waals surface area contributed by atoms with Crippen LogP contribution in [-0.4, -0.2) is 21.3 Å². The van der Waals surface area contributed by atoms with Crippen LogP contribution in [0.25, 0.3) is 0 Å². The summed E-state index contributed by atoms with van der Waals surface area (Å²) in [5.74, 6) is -0.0317. The zero-order valence-corrected chi connectivity index (χ0v) is 12.3. The van der Waals surface area contributed by atoms with Crippen molar-refractivity contribution in [3.05, 3.63) is 35.8 Å². The SMILES string of the molecule is CNC(=S)[C@@]1(C2C=CCC(C#N)C2)C=CC=C[S@+]1[O-]. The Balaban J connectivity index is 2.39. The second-order valence-electron chi connectivity index (χ2n) is 4.69. The lowest BCUT2D eigenvalue weighted by Gasteiger charge is -2.39. The number of rotatable bonds is 2. The summed E-state index contributed by atoms with van der Waals surface area (Å²) in [4.78, 5) is 0.569. The average molecular weight is 292 g/mol. The van der Waals surface area contributed by atoms with Crippen molar-refractivity contribution in [2.75, 3.05) is 7.05 Å². The fraction of sp³-hybridized carbons (Fsp3) is 0.429. The summed E-state index contributed by atoms with van der Waals surface area (Å²) < 4.78 is 11.8. The number of nitrogens with zero attached hydrogens (tertiary/aromatic N) is 1. The second kappa shape index (κ2) is 5.91. The number of allylic oxidation sites excluding steroid dienone is 4. The van der Waals surface area contributed by atoms with Crippen molar-refractivity contribution < 1.29 is 4.55 Å². The van der Waals surface area contributed by atoms with Gasteiger partial charge in [-0.25, -0.2) is 0 Å². The molecule has 2 unspecified atom stereocenters. The van der Waals surface area contributed by atoms with E-state index in [1.807, 2.05) is 18.2 Å². The van der Waals surface area contributed by atoms with Gasteiger partial charge in [0.1, 0.15) is 10.4 Å². The Kier molecular flexibility index (Phi) is 4.46. The summed E-state index contributed by atoms with van der Waals surface area (Å²) in [6, 6.07) is 2.31. The van der Waals surface area contributed by atoms with E-state index in [2.05, 4.69) is 17.5 Å². The van der Waals surface area contributed by atoms with Gasteiger partial charge in [-0.3, -0.25) is 0 Å². The van der Waals surface area contributed by atoms with E-state index in [0.717, 1.165) is 6.42 Å². The van der Waals surface area contributed by atoms with Crippen molar-refractivity contribution in [2.24, 2.45) is 11.8 Å². The Hall–Kier alpha value is -1.09. The van der Waals surface area contributed by atoms with E-state index in [-0.39, 0.29) is 11.8 Å². The number of nitriles is 1. The summed E-state index contributed by atoms with van der Waals surface area (Å²) in [5, 5.41) is 13.8. The van der Waals surface area contributed by atoms with Crippen LogP contribution in [-0.2, 0) is 11.2 Å². The molecule has 4 atom stereocenters. The summed E-state index contributed by atoms with van der Waals surface area (Å²) in [5.41, 5.74) is 0. The van der Waals surface area contributed by atoms with E-state index in [9.17, 15) is 4.55 Å². The molecule has 0 bridgehead atoms. The molecule has 0 amide bonds. The lowest BCUT2D eigenvalue weighted by atomic mass is 9.78. The van der Waals surface area contributed by atoms with Crippen LogP contribution in [0.1, 0.15) is 12.8 Å². The van der Waals surface area contributed by atoms with Crippen molar-refractivity contribution in [3.8, 4) is 6.07 Å². The van der Waals surface area contributed by atoms with Gasteiger partial charge in [0.25, 0.3) is 0 Å². The molecular formula is C14H16N2OS2. The fourth-order valence-electron chi connectivity index (χ4n) is 2.61. The monoisotopic (exact) mass is 292 g/mol. The third-order valence-corrected chi connectivity index (χ3v) is 6.02. The third kappa shape index (κ3) is 2.48. The van der Waals surface area contributed by atoms with Gasteiger partial charge in [0.05, 0.1) is 12.0 Å². The van der Waals surface area contributed by atoms with E-state index in [1.165, 1.54) is 0 Å². The normalized spacial score (nSPS) is 36.8. The first kappa shape index (κ1) is 14.3. The first-order chi connectivity index (χ1) is 9.15. The lowest BCUT2D eigenvalue weighted by molar-refractivity contribution is 0.438. The molecule has 1 heterocycles. The van der Waals surface area contributed by atoms with Gasteiger partial charge in [-0.05, 0) is 36.2 Å². The minimum absolute atomic E-state index is 0.00659. The molecule has 3 nitrogen and oxygen atoms in total. The molecule has 0 aromatic heterocycles. The Bertz CT molecular complexity index is 492. The van der Waals surface area contributed by atoms with Crippen LogP contribution in [0.2, 0.25) is 0 Å². The third-order valence-electron chi connectivity index (χ3n) is 3.63. The van der Waals surface area contributed by atoms with E-state index in [4.69, 9.17) is 17.5 Å². The van der Waals surface area contributed by atoms with Crippen LogP contribution in [0.4, 0.5) is 0 Å². The molecule has 19 heavy (non-hydrogen) atoms. The first-order valence-corrected chi connectivity index (χ1v) is 7.82. The lowest BCUT2D eigenvalue weighted by Crippen LogP contribution is -2.54. The molecule has 0 aromatic rings. The zero-order valence-electron chi connectivity index (χ0n) is 10.7. The van der Waals surface area contributed by atoms with Crippen molar-refractivity contribution in [1.82, 2.24) is 5.32 Å². The molecule has 2 rings (SSSR count). The van der Waals surface area contributed by atoms with E-state index in [1.54, 1.807) is 18.5 Å². The maximum Gasteiger partial charge on any atom is 0.204 e. The van der Waals surface area contributed by atoms with Crippen molar-refractivity contribution in [1.29, 1.82) is 5.26 Å². The maximum atomic E-state index is 12.5. The highest BCUT2D eigenvalue weighted by Crippen LogP contribution is 2.40. The minimum atomic E-state index is -1.21. The summed E-state index contributed by atoms with van der Waals surface area (Å²) in [6.45, 7) is 0. The quantitative estimate of drug-likeness (QED) is 0.481. The van der Waals surface area contributed by atoms with Crippen LogP contribution in [0.5, 0.6) is 0 Å². The Labute approximate surface area is 122 Å². The molecule has 0 saturated heterocycles. The molecular weight excluding hydrogens is 276 g/mol. The summed E-state index contributed by atoms with van der Waals surface area (Å²) in [7, 11) is 1.75. The summed E-state index contributed by atoms with van der Waals surface area (Å²) >= 11 is 4.20. The predicted octanol–water partition coefficient (Wildman–Crippen LogP) is 2.21. The highest BCUT2D eigenvalue weighted by atomic mass is 32.2. The number of hydrogen-bond donors (Lipinski definition) is 1. The van der Waals surface area contributed by atoms with Crippen LogP contribution in [0.3, 0.4) is 0 Å². The molecule has 2 aliphatic rings. The van der Waals surface area contributed by atoms with Gasteiger partial charge in [0.2, 0.25) is 4.75 Å². The first-order valence-electron chi connectivity index (χ1n) is 6.20. The molecule has 0 radical (unpaired) electrons. The van der Waals surface area contributed by atoms with Crippen LogP contribution < -0.4 is 5.32 Å². The highest BCUT2D eigenvalue weighted by molar-refractivity contribution is 7.98. The van der Waals surface area contributed by atoms with Crippen LogP contribution in [0, 0.1) is 23.2 Å². The molecule has 1 N–H and O–H groups in total. The van der Waals surface area contributed by atoms with Gasteiger partial charge in [-0.2, -0.15) is 5.26 Å². The standard InChI is InChI=1S/C14H16N2OS2/c1-16-13(18)14(7-2-3-8-19(14)17)12-6-4-5-11(9-12)10-15/h2-4,6-8,11-12H,5,9H2,1H3,(H,16,18)/t11?,12?,14-,19-/m0/s1. The van der Waals surface area contributed by atoms with E-state index in [0.29, 0.717) is 11.4 Å². The van der Waals surface area contributed by atoms with Crippen LogP contribution in [0.15, 0.2) is 35.8 Å². The largest absolute Gasteiger partial charge is 0.611 e. The van der Waals surface area contributed by atoms with Gasteiger partial charge in [0, 0.05) is 13.0 Å². The van der Waals surface area contributed by atoms with E-state index < -0.39 is 15.9 Å². The van der Waals surface area contributed by atoms with Crippen molar-refractivity contribution >= 4 is 28.4 Å². The molecule has 1 aliphatic heterocycles. The van der Waals surface area contributed by atoms with Crippen molar-refractivity contribution in [3.63, 3.8) is 0 Å². The topological polar surface area (TPSA) is 58.9 Å². The van der Waals surface area contributed by atoms with Gasteiger partial charge in [0.15, 0.2) is 0 Å². The molecule has 0 fully saturated rings. The number of nitrogens with one attached hydrogen (secondary N) is 1. The maximum absolute atomic E-state index is 12.5. The Morgan fingerprint density at radius 2 is 2.37 bits per heavy atom. The molecule has 100 valence electrons. The summed E-state index contributed by atoms with van der Waals surface area (Å²) in [6.07, 6.45) is 11.1. The average Bonchev–Trinajstić information content (AvgIpc) is 2.47. The van der Waals surface area contributed by atoms with Gasteiger partial charge in [-0.1, -0.05) is 30.4 Å². The van der Waals surface area contributed by atoms with Crippen LogP contribution >= 0.6 is 12.2 Å². The van der Waals surface area contributed by atoms with Gasteiger partial charge in [-0.15, -0.1) is 0 Å². The van der Waals surface area contributed by atoms with Crippen molar-refractivity contribution in [2.45, 2.75) is 17.6 Å². The molecule has 1 aliphatic carbocycles. The highest BCUT2D eigenvalue weighted by Gasteiger charge is 2.51. The van der Waals surface area contributed by atoms with E-state index >= 15 is 0 Å². The molecule has 0 saturated carbocycles. The van der Waals surface area contributed by atoms with Gasteiger partial charge < -0.3 is 9.87 Å². The zero-order chi connectivity index (χ0) is 13.9. The van der Waals surface area contributed by atoms with Gasteiger partial charge >= 0.3 is 0 Å². The minimum Gasteiger partial charge on any atom is -0.611 e. The predicted molar refractivity (Wildman–Crippen MR) is 81.8 cm³/mol. The molecule has 0 spiro atoms. The Morgan fingerprint density at radius 3 is 3.00 bits per heavy atom. The Morgan fingerprint density at radius 1 is 1.58 bits per heavy atom. The molecule has 0 aromatic carbocycles. The smallest absolute Gasteiger partial charge is 0.204 e. The molecule has 5 heteroatoms.